The summed E-state index contributed by atoms with van der Waals surface area (Å²) in [6.45, 7) is 2.00. The minimum atomic E-state index is -4.06. The molecule has 0 spiro atoms. The standard InChI is InChI=1S/C24H19IN2O5S/c1-2-31-23-14-17(11-12-22(23)32-33(29,30)21-9-4-3-5-10-21)13-18(16-26)24(28)27-20-8-6-7-19(25)15-20/h3-15H,2H2,1H3,(H,27,28)/b18-13+. The molecule has 1 N–H and O–H groups in total. The Balaban J connectivity index is 1.87. The average Bonchev–Trinajstić information content (AvgIpc) is 2.79. The highest BCUT2D eigenvalue weighted by Crippen LogP contribution is 2.32. The maximum absolute atomic E-state index is 12.6. The molecule has 9 heteroatoms. The molecule has 0 bridgehead atoms. The van der Waals surface area contributed by atoms with Crippen molar-refractivity contribution in [2.24, 2.45) is 0 Å². The molecule has 0 fully saturated rings. The molecule has 3 rings (SSSR count). The first-order chi connectivity index (χ1) is 15.8. The van der Waals surface area contributed by atoms with Gasteiger partial charge in [0.05, 0.1) is 6.61 Å². The molecule has 0 aromatic heterocycles. The van der Waals surface area contributed by atoms with Crippen molar-refractivity contribution in [3.8, 4) is 17.6 Å². The van der Waals surface area contributed by atoms with Gasteiger partial charge in [0, 0.05) is 9.26 Å². The van der Waals surface area contributed by atoms with Gasteiger partial charge in [-0.1, -0.05) is 30.3 Å². The van der Waals surface area contributed by atoms with Crippen molar-refractivity contribution in [3.63, 3.8) is 0 Å². The number of nitriles is 1. The fraction of sp³-hybridized carbons (Fsp3) is 0.0833. The predicted octanol–water partition coefficient (Wildman–Crippen LogP) is 5.00. The zero-order valence-corrected chi connectivity index (χ0v) is 20.5. The summed E-state index contributed by atoms with van der Waals surface area (Å²) in [6.07, 6.45) is 1.39. The van der Waals surface area contributed by atoms with Crippen molar-refractivity contribution < 1.29 is 22.1 Å². The summed E-state index contributed by atoms with van der Waals surface area (Å²) in [5.74, 6) is -0.398. The maximum atomic E-state index is 12.6. The molecule has 0 saturated carbocycles. The van der Waals surface area contributed by atoms with Crippen LogP contribution in [-0.4, -0.2) is 20.9 Å². The van der Waals surface area contributed by atoms with E-state index in [-0.39, 0.29) is 28.6 Å². The molecule has 7 nitrogen and oxygen atoms in total. The molecular formula is C24H19IN2O5S. The molecule has 3 aromatic rings. The van der Waals surface area contributed by atoms with Crippen LogP contribution in [0, 0.1) is 14.9 Å². The van der Waals surface area contributed by atoms with E-state index in [4.69, 9.17) is 8.92 Å². The van der Waals surface area contributed by atoms with Gasteiger partial charge in [-0.3, -0.25) is 4.79 Å². The van der Waals surface area contributed by atoms with Crippen molar-refractivity contribution in [1.29, 1.82) is 5.26 Å². The second-order valence-electron chi connectivity index (χ2n) is 6.62. The van der Waals surface area contributed by atoms with Gasteiger partial charge >= 0.3 is 10.1 Å². The van der Waals surface area contributed by atoms with Crippen LogP contribution in [0.25, 0.3) is 6.08 Å². The van der Waals surface area contributed by atoms with Crippen molar-refractivity contribution in [1.82, 2.24) is 0 Å². The monoisotopic (exact) mass is 574 g/mol. The minimum absolute atomic E-state index is 0.000303. The number of halogens is 1. The first-order valence-corrected chi connectivity index (χ1v) is 12.3. The van der Waals surface area contributed by atoms with E-state index in [2.05, 4.69) is 27.9 Å². The molecule has 0 saturated heterocycles. The number of carbonyl (C=O) groups excluding carboxylic acids is 1. The molecule has 0 unspecified atom stereocenters. The molecule has 0 aliphatic carbocycles. The first-order valence-electron chi connectivity index (χ1n) is 9.77. The van der Waals surface area contributed by atoms with Gasteiger partial charge < -0.3 is 14.2 Å². The fourth-order valence-electron chi connectivity index (χ4n) is 2.78. The SMILES string of the molecule is CCOc1cc(/C=C(\C#N)C(=O)Nc2cccc(I)c2)ccc1OS(=O)(=O)c1ccccc1. The number of amides is 1. The Morgan fingerprint density at radius 1 is 1.06 bits per heavy atom. The van der Waals surface area contributed by atoms with E-state index in [1.807, 2.05) is 12.1 Å². The van der Waals surface area contributed by atoms with Crippen molar-refractivity contribution in [3.05, 3.63) is 87.5 Å². The van der Waals surface area contributed by atoms with E-state index in [0.717, 1.165) is 3.57 Å². The van der Waals surface area contributed by atoms with E-state index in [0.29, 0.717) is 11.3 Å². The summed E-state index contributed by atoms with van der Waals surface area (Å²) < 4.78 is 36.9. The summed E-state index contributed by atoms with van der Waals surface area (Å²) in [4.78, 5) is 12.6. The highest BCUT2D eigenvalue weighted by Gasteiger charge is 2.19. The molecule has 0 aliphatic rings. The topological polar surface area (TPSA) is 105 Å². The molecule has 0 atom stereocenters. The van der Waals surface area contributed by atoms with Crippen molar-refractivity contribution >= 4 is 50.4 Å². The third kappa shape index (κ3) is 6.57. The Bertz CT molecular complexity index is 1330. The van der Waals surface area contributed by atoms with E-state index >= 15 is 0 Å². The van der Waals surface area contributed by atoms with E-state index in [9.17, 15) is 18.5 Å². The lowest BCUT2D eigenvalue weighted by Gasteiger charge is -2.13. The Morgan fingerprint density at radius 2 is 1.82 bits per heavy atom. The summed E-state index contributed by atoms with van der Waals surface area (Å²) in [5.41, 5.74) is 0.914. The summed E-state index contributed by atoms with van der Waals surface area (Å²) in [7, 11) is -4.06. The van der Waals surface area contributed by atoms with Crippen LogP contribution in [-0.2, 0) is 14.9 Å². The molecule has 1 amide bonds. The normalized spacial score (nSPS) is 11.4. The Morgan fingerprint density at radius 3 is 2.48 bits per heavy atom. The van der Waals surface area contributed by atoms with E-state index in [1.54, 1.807) is 43.3 Å². The number of carbonyl (C=O) groups is 1. The summed E-state index contributed by atoms with van der Waals surface area (Å²) in [5, 5.41) is 12.2. The van der Waals surface area contributed by atoms with Gasteiger partial charge in [-0.05, 0) is 83.6 Å². The molecular weight excluding hydrogens is 555 g/mol. The van der Waals surface area contributed by atoms with Crippen LogP contribution in [0.3, 0.4) is 0 Å². The second-order valence-corrected chi connectivity index (χ2v) is 9.42. The van der Waals surface area contributed by atoms with E-state index in [1.165, 1.54) is 36.4 Å². The number of ether oxygens (including phenoxy) is 1. The number of hydrogen-bond acceptors (Lipinski definition) is 6. The minimum Gasteiger partial charge on any atom is -0.490 e. The lowest BCUT2D eigenvalue weighted by Crippen LogP contribution is -2.13. The third-order valence-corrected chi connectivity index (χ3v) is 6.18. The highest BCUT2D eigenvalue weighted by atomic mass is 127. The number of rotatable bonds is 8. The fourth-order valence-corrected chi connectivity index (χ4v) is 4.29. The van der Waals surface area contributed by atoms with Crippen LogP contribution < -0.4 is 14.2 Å². The number of anilines is 1. The number of nitrogens with zero attached hydrogens (tertiary/aromatic N) is 1. The Hall–Kier alpha value is -3.36. The van der Waals surface area contributed by atoms with Gasteiger partial charge in [0.25, 0.3) is 5.91 Å². The largest absolute Gasteiger partial charge is 0.490 e. The lowest BCUT2D eigenvalue weighted by atomic mass is 10.1. The third-order valence-electron chi connectivity index (χ3n) is 4.26. The molecule has 0 aliphatic heterocycles. The second kappa shape index (κ2) is 11.0. The van der Waals surface area contributed by atoms with Crippen LogP contribution in [0.1, 0.15) is 12.5 Å². The molecule has 0 heterocycles. The quantitative estimate of drug-likeness (QED) is 0.176. The first kappa shape index (κ1) is 24.3. The van der Waals surface area contributed by atoms with Gasteiger partial charge in [-0.25, -0.2) is 0 Å². The van der Waals surface area contributed by atoms with Crippen LogP contribution in [0.15, 0.2) is 83.3 Å². The number of nitrogens with one attached hydrogen (secondary N) is 1. The Kier molecular flexibility index (Phi) is 8.08. The van der Waals surface area contributed by atoms with Gasteiger partial charge in [0.15, 0.2) is 11.5 Å². The van der Waals surface area contributed by atoms with Gasteiger partial charge in [0.1, 0.15) is 16.5 Å². The van der Waals surface area contributed by atoms with Crippen LogP contribution in [0.4, 0.5) is 5.69 Å². The number of hydrogen-bond donors (Lipinski definition) is 1. The predicted molar refractivity (Wildman–Crippen MR) is 133 cm³/mol. The smallest absolute Gasteiger partial charge is 0.339 e. The Labute approximate surface area is 205 Å². The zero-order chi connectivity index (χ0) is 23.8. The zero-order valence-electron chi connectivity index (χ0n) is 17.5. The summed E-state index contributed by atoms with van der Waals surface area (Å²) in [6, 6.07) is 21.3. The molecule has 33 heavy (non-hydrogen) atoms. The average molecular weight is 574 g/mol. The van der Waals surface area contributed by atoms with Crippen LogP contribution in [0.2, 0.25) is 0 Å². The van der Waals surface area contributed by atoms with E-state index < -0.39 is 16.0 Å². The van der Waals surface area contributed by atoms with Gasteiger partial charge in [0.2, 0.25) is 0 Å². The maximum Gasteiger partial charge on any atom is 0.339 e. The molecule has 0 radical (unpaired) electrons. The highest BCUT2D eigenvalue weighted by molar-refractivity contribution is 14.1. The van der Waals surface area contributed by atoms with Crippen LogP contribution in [0.5, 0.6) is 11.5 Å². The number of benzene rings is 3. The van der Waals surface area contributed by atoms with Gasteiger partial charge in [-0.15, -0.1) is 0 Å². The van der Waals surface area contributed by atoms with Crippen molar-refractivity contribution in [2.75, 3.05) is 11.9 Å². The lowest BCUT2D eigenvalue weighted by molar-refractivity contribution is -0.112. The van der Waals surface area contributed by atoms with Crippen molar-refractivity contribution in [2.45, 2.75) is 11.8 Å². The molecule has 3 aromatic carbocycles. The van der Waals surface area contributed by atoms with Gasteiger partial charge in [-0.2, -0.15) is 13.7 Å². The summed E-state index contributed by atoms with van der Waals surface area (Å²) >= 11 is 2.13. The molecule has 168 valence electrons. The van der Waals surface area contributed by atoms with Crippen LogP contribution >= 0.6 is 22.6 Å².